The van der Waals surface area contributed by atoms with E-state index in [1.54, 1.807) is 23.7 Å². The maximum atomic E-state index is 15.2. The Hall–Kier alpha value is -5.82. The Morgan fingerprint density at radius 1 is 1.00 bits per heavy atom. The molecule has 0 unspecified atom stereocenters. The van der Waals surface area contributed by atoms with Gasteiger partial charge in [-0.1, -0.05) is 18.2 Å². The molecule has 3 N–H and O–H groups in total. The number of benzene rings is 3. The highest BCUT2D eigenvalue weighted by molar-refractivity contribution is 6.02. The average Bonchev–Trinajstić information content (AvgIpc) is 3.04. The summed E-state index contributed by atoms with van der Waals surface area (Å²) in [6.45, 7) is 2.06. The fourth-order valence-corrected chi connectivity index (χ4v) is 4.45. The summed E-state index contributed by atoms with van der Waals surface area (Å²) in [5, 5.41) is 15.8. The molecule has 0 fully saturated rings. The summed E-state index contributed by atoms with van der Waals surface area (Å²) in [4.78, 5) is 40.9. The minimum Gasteiger partial charge on any atom is -0.493 e. The number of pyridine rings is 1. The smallest absolute Gasteiger partial charge is 0.280 e. The number of nitrogens with one attached hydrogen (secondary N) is 2. The van der Waals surface area contributed by atoms with Crippen LogP contribution in [-0.4, -0.2) is 45.5 Å². The summed E-state index contributed by atoms with van der Waals surface area (Å²) in [6.07, 6.45) is 3.39. The van der Waals surface area contributed by atoms with Gasteiger partial charge in [0.2, 0.25) is 11.3 Å². The normalized spacial score (nSPS) is 10.8. The Balaban J connectivity index is 1.32. The number of amides is 2. The second kappa shape index (κ2) is 13.7. The molecule has 0 atom stereocenters. The van der Waals surface area contributed by atoms with Gasteiger partial charge >= 0.3 is 0 Å². The van der Waals surface area contributed by atoms with Crippen LogP contribution in [0, 0.1) is 12.7 Å². The van der Waals surface area contributed by atoms with Crippen molar-refractivity contribution < 1.29 is 33.4 Å². The number of fused-ring (bicyclic) bond motifs is 1. The number of rotatable bonds is 11. The lowest BCUT2D eigenvalue weighted by molar-refractivity contribution is -0.129. The lowest BCUT2D eigenvalue weighted by Gasteiger charge is -2.14. The highest BCUT2D eigenvalue weighted by Crippen LogP contribution is 2.38. The summed E-state index contributed by atoms with van der Waals surface area (Å²) in [5.74, 6) is -1.18. The largest absolute Gasteiger partial charge is 0.493 e. The number of carbonyl (C=O) groups excluding carboxylic acids is 2. The van der Waals surface area contributed by atoms with Crippen molar-refractivity contribution in [2.45, 2.75) is 19.8 Å². The van der Waals surface area contributed by atoms with Crippen LogP contribution < -0.4 is 30.4 Å². The Morgan fingerprint density at radius 2 is 1.82 bits per heavy atom. The molecule has 0 aliphatic carbocycles. The van der Waals surface area contributed by atoms with Crippen LogP contribution in [0.3, 0.4) is 0 Å². The van der Waals surface area contributed by atoms with E-state index in [4.69, 9.17) is 19.4 Å². The molecule has 2 aromatic heterocycles. The van der Waals surface area contributed by atoms with Crippen LogP contribution in [0.4, 0.5) is 10.1 Å². The number of anilines is 1. The summed E-state index contributed by atoms with van der Waals surface area (Å²) in [6, 6.07) is 17.3. The first kappa shape index (κ1) is 30.6. The third-order valence-corrected chi connectivity index (χ3v) is 6.71. The van der Waals surface area contributed by atoms with Crippen LogP contribution in [0.1, 0.15) is 28.9 Å². The molecule has 45 heavy (non-hydrogen) atoms. The van der Waals surface area contributed by atoms with Gasteiger partial charge in [-0.3, -0.25) is 24.6 Å². The topological polar surface area (TPSA) is 154 Å². The first-order valence-electron chi connectivity index (χ1n) is 13.7. The monoisotopic (exact) mass is 613 g/mol. The molecule has 3 aromatic carbocycles. The zero-order valence-corrected chi connectivity index (χ0v) is 24.2. The van der Waals surface area contributed by atoms with Gasteiger partial charge in [-0.05, 0) is 49.2 Å². The number of carbonyl (C=O) groups is 2. The lowest BCUT2D eigenvalue weighted by atomic mass is 10.1. The molecule has 0 spiro atoms. The molecular weight excluding hydrogens is 585 g/mol. The van der Waals surface area contributed by atoms with Crippen molar-refractivity contribution in [3.63, 3.8) is 0 Å². The van der Waals surface area contributed by atoms with Gasteiger partial charge in [-0.15, -0.1) is 0 Å². The van der Waals surface area contributed by atoms with Crippen molar-refractivity contribution in [3.8, 4) is 28.7 Å². The van der Waals surface area contributed by atoms with E-state index in [-0.39, 0.29) is 35.9 Å². The maximum Gasteiger partial charge on any atom is 0.280 e. The third kappa shape index (κ3) is 7.05. The molecule has 5 rings (SSSR count). The second-order valence-corrected chi connectivity index (χ2v) is 9.78. The van der Waals surface area contributed by atoms with E-state index in [0.717, 1.165) is 11.6 Å². The van der Waals surface area contributed by atoms with Crippen molar-refractivity contribution >= 4 is 28.4 Å². The Bertz CT molecular complexity index is 1950. The number of ether oxygens (including phenoxy) is 3. The van der Waals surface area contributed by atoms with Gasteiger partial charge in [0.05, 0.1) is 24.9 Å². The molecule has 0 radical (unpaired) electrons. The van der Waals surface area contributed by atoms with E-state index in [0.29, 0.717) is 34.5 Å². The number of hydrogen-bond donors (Lipinski definition) is 3. The summed E-state index contributed by atoms with van der Waals surface area (Å²) in [7, 11) is 1.46. The minimum absolute atomic E-state index is 0.0769. The molecule has 0 bridgehead atoms. The number of para-hydroxylation sites is 1. The average molecular weight is 614 g/mol. The number of hydroxylamine groups is 1. The van der Waals surface area contributed by atoms with Crippen molar-refractivity contribution in [2.75, 3.05) is 19.0 Å². The van der Waals surface area contributed by atoms with Gasteiger partial charge in [0.1, 0.15) is 5.75 Å². The van der Waals surface area contributed by atoms with E-state index >= 15 is 4.39 Å². The fraction of sp³-hybridized carbons (Fsp3) is 0.156. The first-order chi connectivity index (χ1) is 21.8. The van der Waals surface area contributed by atoms with Gasteiger partial charge < -0.3 is 19.5 Å². The van der Waals surface area contributed by atoms with Crippen molar-refractivity contribution in [3.05, 3.63) is 106 Å². The maximum absolute atomic E-state index is 15.2. The van der Waals surface area contributed by atoms with Crippen molar-refractivity contribution in [2.24, 2.45) is 0 Å². The van der Waals surface area contributed by atoms with Gasteiger partial charge in [-0.25, -0.2) is 14.6 Å². The van der Waals surface area contributed by atoms with Gasteiger partial charge in [0.15, 0.2) is 28.8 Å². The molecule has 2 heterocycles. The van der Waals surface area contributed by atoms with Gasteiger partial charge in [0, 0.05) is 48.1 Å². The second-order valence-electron chi connectivity index (χ2n) is 9.78. The van der Waals surface area contributed by atoms with Crippen LogP contribution in [-0.2, 0) is 4.79 Å². The molecule has 0 aliphatic heterocycles. The summed E-state index contributed by atoms with van der Waals surface area (Å²) < 4.78 is 33.7. The number of aromatic nitrogens is 3. The van der Waals surface area contributed by atoms with E-state index in [9.17, 15) is 14.4 Å². The molecular formula is C32H28FN5O7. The molecule has 230 valence electrons. The van der Waals surface area contributed by atoms with E-state index in [1.165, 1.54) is 42.4 Å². The lowest BCUT2D eigenvalue weighted by Crippen LogP contribution is -2.25. The Kier molecular flexibility index (Phi) is 9.29. The van der Waals surface area contributed by atoms with Crippen molar-refractivity contribution in [1.29, 1.82) is 0 Å². The summed E-state index contributed by atoms with van der Waals surface area (Å²) in [5.41, 5.74) is 2.81. The predicted octanol–water partition coefficient (Wildman–Crippen LogP) is 4.95. The first-order valence-corrected chi connectivity index (χ1v) is 13.7. The SMILES string of the molecule is COc1cc2c(Oc3ccc(NC(=O)c4nn(-c5ccccc5C)ccc4=O)cc3F)ccnc2cc1OCCCC(=O)NO. The van der Waals surface area contributed by atoms with Gasteiger partial charge in [0.25, 0.3) is 5.91 Å². The molecule has 13 heteroatoms. The van der Waals surface area contributed by atoms with Crippen LogP contribution in [0.25, 0.3) is 16.6 Å². The standard InChI is InChI=1S/C32H28FN5O7/c1-19-6-3-4-7-24(19)38-14-12-25(39)31(36-38)32(41)35-20-9-10-27(22(33)16-20)45-26-11-13-34-23-18-29(28(43-2)17-21(23)26)44-15-5-8-30(40)37-42/h3-4,6-7,9-14,16-18,42H,5,8,15H2,1-2H3,(H,35,41)(H,37,40). The fourth-order valence-electron chi connectivity index (χ4n) is 4.45. The summed E-state index contributed by atoms with van der Waals surface area (Å²) >= 11 is 0. The van der Waals surface area contributed by atoms with E-state index < -0.39 is 23.1 Å². The molecule has 0 saturated heterocycles. The molecule has 5 aromatic rings. The molecule has 0 aliphatic rings. The number of halogens is 1. The molecule has 12 nitrogen and oxygen atoms in total. The van der Waals surface area contributed by atoms with Crippen LogP contribution >= 0.6 is 0 Å². The van der Waals surface area contributed by atoms with E-state index in [2.05, 4.69) is 15.4 Å². The minimum atomic E-state index is -0.794. The Morgan fingerprint density at radius 3 is 2.58 bits per heavy atom. The number of aryl methyl sites for hydroxylation is 1. The highest BCUT2D eigenvalue weighted by atomic mass is 19.1. The quantitative estimate of drug-likeness (QED) is 0.107. The van der Waals surface area contributed by atoms with Crippen LogP contribution in [0.2, 0.25) is 0 Å². The highest BCUT2D eigenvalue weighted by Gasteiger charge is 2.17. The predicted molar refractivity (Wildman–Crippen MR) is 162 cm³/mol. The zero-order valence-electron chi connectivity index (χ0n) is 24.2. The number of nitrogens with zero attached hydrogens (tertiary/aromatic N) is 3. The third-order valence-electron chi connectivity index (χ3n) is 6.71. The van der Waals surface area contributed by atoms with Gasteiger partial charge in [-0.2, -0.15) is 5.10 Å². The molecule has 0 saturated carbocycles. The van der Waals surface area contributed by atoms with Crippen LogP contribution in [0.5, 0.6) is 23.0 Å². The van der Waals surface area contributed by atoms with Crippen LogP contribution in [0.15, 0.2) is 83.9 Å². The Labute approximate surface area is 256 Å². The number of hydrogen-bond acceptors (Lipinski definition) is 9. The van der Waals surface area contributed by atoms with Crippen molar-refractivity contribution in [1.82, 2.24) is 20.2 Å². The zero-order chi connectivity index (χ0) is 31.9. The van der Waals surface area contributed by atoms with E-state index in [1.807, 2.05) is 31.2 Å². The molecule has 2 amide bonds. The number of methoxy groups -OCH3 is 1.